The molecule has 2 fully saturated rings. The average Bonchev–Trinajstić information content (AvgIpc) is 2.66. The number of amides is 1. The molecular formula is C15H28N2O. The van der Waals surface area contributed by atoms with Crippen LogP contribution in [0.2, 0.25) is 0 Å². The van der Waals surface area contributed by atoms with Crippen LogP contribution in [0.4, 0.5) is 0 Å². The van der Waals surface area contributed by atoms with E-state index in [4.69, 9.17) is 0 Å². The van der Waals surface area contributed by atoms with E-state index >= 15 is 0 Å². The molecule has 0 aromatic carbocycles. The molecule has 0 aliphatic carbocycles. The van der Waals surface area contributed by atoms with Gasteiger partial charge in [-0.3, -0.25) is 4.79 Å². The van der Waals surface area contributed by atoms with Gasteiger partial charge in [0.15, 0.2) is 0 Å². The smallest absolute Gasteiger partial charge is 0.223 e. The highest BCUT2D eigenvalue weighted by Gasteiger charge is 2.19. The summed E-state index contributed by atoms with van der Waals surface area (Å²) in [6.45, 7) is 7.68. The van der Waals surface area contributed by atoms with Gasteiger partial charge in [-0.25, -0.2) is 0 Å². The van der Waals surface area contributed by atoms with Crippen LogP contribution in [0.25, 0.3) is 0 Å². The van der Waals surface area contributed by atoms with E-state index in [1.54, 1.807) is 0 Å². The van der Waals surface area contributed by atoms with Gasteiger partial charge in [-0.1, -0.05) is 19.8 Å². The van der Waals surface area contributed by atoms with E-state index in [1.165, 1.54) is 51.6 Å². The summed E-state index contributed by atoms with van der Waals surface area (Å²) in [7, 11) is 0. The summed E-state index contributed by atoms with van der Waals surface area (Å²) >= 11 is 0. The summed E-state index contributed by atoms with van der Waals surface area (Å²) < 4.78 is 0. The Balaban J connectivity index is 1.67. The molecule has 3 nitrogen and oxygen atoms in total. The molecule has 2 aliphatic heterocycles. The van der Waals surface area contributed by atoms with Crippen LogP contribution in [0.3, 0.4) is 0 Å². The fourth-order valence-corrected chi connectivity index (χ4v) is 3.02. The first-order valence-electron chi connectivity index (χ1n) is 7.76. The normalized spacial score (nSPS) is 23.9. The van der Waals surface area contributed by atoms with Crippen molar-refractivity contribution in [2.75, 3.05) is 32.7 Å². The molecule has 2 aliphatic rings. The molecule has 0 unspecified atom stereocenters. The Hall–Kier alpha value is -0.570. The number of rotatable bonds is 3. The van der Waals surface area contributed by atoms with Gasteiger partial charge in [-0.15, -0.1) is 0 Å². The molecule has 0 aromatic rings. The molecule has 0 aromatic heterocycles. The Morgan fingerprint density at radius 1 is 1.00 bits per heavy atom. The number of hydrogen-bond donors (Lipinski definition) is 0. The highest BCUT2D eigenvalue weighted by molar-refractivity contribution is 5.76. The number of carbonyl (C=O) groups excluding carboxylic acids is 1. The van der Waals surface area contributed by atoms with E-state index in [-0.39, 0.29) is 0 Å². The highest BCUT2D eigenvalue weighted by Crippen LogP contribution is 2.16. The third-order valence-electron chi connectivity index (χ3n) is 4.48. The number of carbonyl (C=O) groups is 1. The zero-order valence-electron chi connectivity index (χ0n) is 11.9. The fourth-order valence-electron chi connectivity index (χ4n) is 3.02. The van der Waals surface area contributed by atoms with Gasteiger partial charge in [0, 0.05) is 26.1 Å². The predicted octanol–water partition coefficient (Wildman–Crippen LogP) is 2.51. The number of piperidine rings is 1. The Morgan fingerprint density at radius 2 is 1.61 bits per heavy atom. The standard InChI is InChI=1S/C15H28N2O/c1-14-6-11-16(12-7-14)13-8-15(18)17-9-4-2-3-5-10-17/h14H,2-13H2,1H3. The van der Waals surface area contributed by atoms with Gasteiger partial charge >= 0.3 is 0 Å². The lowest BCUT2D eigenvalue weighted by molar-refractivity contribution is -0.131. The molecule has 18 heavy (non-hydrogen) atoms. The zero-order chi connectivity index (χ0) is 12.8. The number of nitrogens with zero attached hydrogens (tertiary/aromatic N) is 2. The summed E-state index contributed by atoms with van der Waals surface area (Å²) in [6, 6.07) is 0. The molecule has 0 N–H and O–H groups in total. The maximum absolute atomic E-state index is 12.2. The van der Waals surface area contributed by atoms with Crippen LogP contribution in [-0.2, 0) is 4.79 Å². The van der Waals surface area contributed by atoms with Crippen molar-refractivity contribution in [2.45, 2.75) is 51.9 Å². The second-order valence-corrected chi connectivity index (χ2v) is 6.07. The van der Waals surface area contributed by atoms with Gasteiger partial charge in [-0.05, 0) is 44.7 Å². The van der Waals surface area contributed by atoms with Crippen LogP contribution in [0.1, 0.15) is 51.9 Å². The zero-order valence-corrected chi connectivity index (χ0v) is 11.9. The molecule has 2 rings (SSSR count). The molecule has 104 valence electrons. The van der Waals surface area contributed by atoms with Crippen LogP contribution in [0.15, 0.2) is 0 Å². The Morgan fingerprint density at radius 3 is 2.22 bits per heavy atom. The van der Waals surface area contributed by atoms with Crippen LogP contribution in [0.5, 0.6) is 0 Å². The molecular weight excluding hydrogens is 224 g/mol. The largest absolute Gasteiger partial charge is 0.343 e. The molecule has 2 saturated heterocycles. The van der Waals surface area contributed by atoms with Crippen molar-refractivity contribution in [3.8, 4) is 0 Å². The maximum Gasteiger partial charge on any atom is 0.223 e. The van der Waals surface area contributed by atoms with Crippen LogP contribution >= 0.6 is 0 Å². The lowest BCUT2D eigenvalue weighted by Gasteiger charge is -2.30. The van der Waals surface area contributed by atoms with Gasteiger partial charge in [0.1, 0.15) is 0 Å². The Kier molecular flexibility index (Phi) is 5.48. The fraction of sp³-hybridized carbons (Fsp3) is 0.933. The predicted molar refractivity (Wildman–Crippen MR) is 74.5 cm³/mol. The molecule has 2 heterocycles. The molecule has 0 radical (unpaired) electrons. The van der Waals surface area contributed by atoms with Gasteiger partial charge in [0.2, 0.25) is 5.91 Å². The monoisotopic (exact) mass is 252 g/mol. The minimum absolute atomic E-state index is 0.385. The van der Waals surface area contributed by atoms with Crippen molar-refractivity contribution in [2.24, 2.45) is 5.92 Å². The SMILES string of the molecule is CC1CCN(CCC(=O)N2CCCCCC2)CC1. The molecule has 0 saturated carbocycles. The lowest BCUT2D eigenvalue weighted by Crippen LogP contribution is -2.38. The van der Waals surface area contributed by atoms with E-state index in [0.29, 0.717) is 5.91 Å². The molecule has 0 bridgehead atoms. The third-order valence-corrected chi connectivity index (χ3v) is 4.48. The summed E-state index contributed by atoms with van der Waals surface area (Å²) in [5, 5.41) is 0. The lowest BCUT2D eigenvalue weighted by atomic mass is 9.99. The second kappa shape index (κ2) is 7.13. The minimum Gasteiger partial charge on any atom is -0.343 e. The van der Waals surface area contributed by atoms with Crippen molar-refractivity contribution in [3.63, 3.8) is 0 Å². The topological polar surface area (TPSA) is 23.6 Å². The Labute approximate surface area is 112 Å². The van der Waals surface area contributed by atoms with Crippen molar-refractivity contribution < 1.29 is 4.79 Å². The minimum atomic E-state index is 0.385. The maximum atomic E-state index is 12.2. The van der Waals surface area contributed by atoms with Gasteiger partial charge in [-0.2, -0.15) is 0 Å². The Bertz CT molecular complexity index is 251. The van der Waals surface area contributed by atoms with E-state index in [9.17, 15) is 4.79 Å². The van der Waals surface area contributed by atoms with E-state index in [1.807, 2.05) is 0 Å². The summed E-state index contributed by atoms with van der Waals surface area (Å²) in [4.78, 5) is 16.7. The quantitative estimate of drug-likeness (QED) is 0.770. The molecule has 0 atom stereocenters. The van der Waals surface area contributed by atoms with Gasteiger partial charge < -0.3 is 9.80 Å². The average molecular weight is 252 g/mol. The van der Waals surface area contributed by atoms with Crippen LogP contribution in [-0.4, -0.2) is 48.4 Å². The first-order valence-corrected chi connectivity index (χ1v) is 7.76. The first-order chi connectivity index (χ1) is 8.75. The summed E-state index contributed by atoms with van der Waals surface area (Å²) in [5.74, 6) is 1.26. The van der Waals surface area contributed by atoms with Crippen LogP contribution in [0, 0.1) is 5.92 Å². The number of likely N-dealkylation sites (tertiary alicyclic amines) is 2. The van der Waals surface area contributed by atoms with E-state index < -0.39 is 0 Å². The van der Waals surface area contributed by atoms with Crippen molar-refractivity contribution in [1.29, 1.82) is 0 Å². The van der Waals surface area contributed by atoms with E-state index in [0.717, 1.165) is 32.0 Å². The van der Waals surface area contributed by atoms with Gasteiger partial charge in [0.05, 0.1) is 0 Å². The highest BCUT2D eigenvalue weighted by atomic mass is 16.2. The second-order valence-electron chi connectivity index (χ2n) is 6.07. The summed E-state index contributed by atoms with van der Waals surface area (Å²) in [6.07, 6.45) is 8.34. The molecule has 1 amide bonds. The van der Waals surface area contributed by atoms with Crippen LogP contribution < -0.4 is 0 Å². The molecule has 0 spiro atoms. The van der Waals surface area contributed by atoms with Crippen molar-refractivity contribution in [1.82, 2.24) is 9.80 Å². The first kappa shape index (κ1) is 13.9. The van der Waals surface area contributed by atoms with E-state index in [2.05, 4.69) is 16.7 Å². The summed E-state index contributed by atoms with van der Waals surface area (Å²) in [5.41, 5.74) is 0. The van der Waals surface area contributed by atoms with Gasteiger partial charge in [0.25, 0.3) is 0 Å². The van der Waals surface area contributed by atoms with Crippen molar-refractivity contribution >= 4 is 5.91 Å². The number of hydrogen-bond acceptors (Lipinski definition) is 2. The third kappa shape index (κ3) is 4.27. The molecule has 3 heteroatoms. The van der Waals surface area contributed by atoms with Crippen molar-refractivity contribution in [3.05, 3.63) is 0 Å².